The monoisotopic (exact) mass is 225 g/mol. The first-order valence-corrected chi connectivity index (χ1v) is 5.47. The van der Waals surface area contributed by atoms with Crippen molar-refractivity contribution in [1.82, 2.24) is 4.98 Å². The molecule has 0 aliphatic rings. The Labute approximate surface area is 96.5 Å². The summed E-state index contributed by atoms with van der Waals surface area (Å²) in [7, 11) is 0. The molecular formula is C13H20FNO. The zero-order chi connectivity index (χ0) is 12.6. The molecule has 0 amide bonds. The number of aromatic nitrogens is 1. The number of hydrogen-bond donors (Lipinski definition) is 1. The molecule has 0 bridgehead atoms. The van der Waals surface area contributed by atoms with Gasteiger partial charge < -0.3 is 5.11 Å². The van der Waals surface area contributed by atoms with Gasteiger partial charge in [0.2, 0.25) is 0 Å². The normalized spacial score (nSPS) is 12.9. The molecule has 0 aliphatic carbocycles. The van der Waals surface area contributed by atoms with Gasteiger partial charge in [-0.25, -0.2) is 4.39 Å². The van der Waals surface area contributed by atoms with E-state index in [0.717, 1.165) is 5.69 Å². The lowest BCUT2D eigenvalue weighted by Crippen LogP contribution is -2.26. The molecule has 1 aromatic heterocycles. The summed E-state index contributed by atoms with van der Waals surface area (Å²) >= 11 is 0. The van der Waals surface area contributed by atoms with Gasteiger partial charge >= 0.3 is 0 Å². The Balaban J connectivity index is 3.29. The molecule has 0 unspecified atom stereocenters. The minimum Gasteiger partial charge on any atom is -0.395 e. The Bertz CT molecular complexity index is 380. The van der Waals surface area contributed by atoms with E-state index >= 15 is 0 Å². The van der Waals surface area contributed by atoms with Crippen LogP contribution < -0.4 is 0 Å². The van der Waals surface area contributed by atoms with Gasteiger partial charge in [-0.05, 0) is 12.1 Å². The molecule has 0 saturated heterocycles. The van der Waals surface area contributed by atoms with Gasteiger partial charge in [-0.2, -0.15) is 0 Å². The predicted octanol–water partition coefficient (Wildman–Crippen LogP) is 2.79. The van der Waals surface area contributed by atoms with Gasteiger partial charge in [0.15, 0.2) is 0 Å². The summed E-state index contributed by atoms with van der Waals surface area (Å²) in [5, 5.41) is 9.28. The molecule has 0 fully saturated rings. The fraction of sp³-hybridized carbons (Fsp3) is 0.615. The van der Waals surface area contributed by atoms with Crippen molar-refractivity contribution in [1.29, 1.82) is 0 Å². The number of aliphatic hydroxyl groups excluding tert-OH is 1. The van der Waals surface area contributed by atoms with Gasteiger partial charge in [0.1, 0.15) is 5.82 Å². The minimum atomic E-state index is -0.437. The Morgan fingerprint density at radius 1 is 1.19 bits per heavy atom. The molecule has 1 aromatic rings. The maximum Gasteiger partial charge on any atom is 0.145 e. The van der Waals surface area contributed by atoms with Crippen molar-refractivity contribution in [3.8, 4) is 0 Å². The van der Waals surface area contributed by atoms with E-state index in [1.807, 2.05) is 34.6 Å². The summed E-state index contributed by atoms with van der Waals surface area (Å²) in [6, 6.07) is 3.07. The molecule has 0 spiro atoms. The maximum atomic E-state index is 13.6. The van der Waals surface area contributed by atoms with Crippen molar-refractivity contribution in [2.24, 2.45) is 0 Å². The second-order valence-corrected chi connectivity index (χ2v) is 5.82. The van der Waals surface area contributed by atoms with Crippen LogP contribution in [0.4, 0.5) is 4.39 Å². The lowest BCUT2D eigenvalue weighted by molar-refractivity contribution is 0.214. The highest BCUT2D eigenvalue weighted by Gasteiger charge is 2.26. The summed E-state index contributed by atoms with van der Waals surface area (Å²) in [5.74, 6) is -0.287. The van der Waals surface area contributed by atoms with Gasteiger partial charge in [0, 0.05) is 16.5 Å². The molecule has 0 aromatic carbocycles. The molecule has 0 atom stereocenters. The van der Waals surface area contributed by atoms with Crippen LogP contribution in [0, 0.1) is 5.82 Å². The third-order valence-electron chi connectivity index (χ3n) is 2.65. The summed E-state index contributed by atoms with van der Waals surface area (Å²) in [5.41, 5.74) is 0.409. The molecule has 0 aliphatic heterocycles. The van der Waals surface area contributed by atoms with E-state index in [0.29, 0.717) is 5.69 Å². The van der Waals surface area contributed by atoms with Crippen molar-refractivity contribution in [3.63, 3.8) is 0 Å². The SMILES string of the molecule is CC(C)(C)c1nc(C(C)(C)CO)ccc1F. The van der Waals surface area contributed by atoms with E-state index in [-0.39, 0.29) is 17.8 Å². The first kappa shape index (κ1) is 13.1. The minimum absolute atomic E-state index is 0.00475. The smallest absolute Gasteiger partial charge is 0.145 e. The van der Waals surface area contributed by atoms with Crippen LogP contribution in [0.5, 0.6) is 0 Å². The van der Waals surface area contributed by atoms with E-state index in [1.54, 1.807) is 6.07 Å². The number of hydrogen-bond acceptors (Lipinski definition) is 2. The van der Waals surface area contributed by atoms with Crippen molar-refractivity contribution < 1.29 is 9.50 Å². The highest BCUT2D eigenvalue weighted by Crippen LogP contribution is 2.27. The Hall–Kier alpha value is -0.960. The molecule has 2 nitrogen and oxygen atoms in total. The molecule has 0 radical (unpaired) electrons. The summed E-state index contributed by atoms with van der Waals surface area (Å²) < 4.78 is 13.6. The second kappa shape index (κ2) is 4.13. The topological polar surface area (TPSA) is 33.1 Å². The van der Waals surface area contributed by atoms with Gasteiger partial charge in [-0.15, -0.1) is 0 Å². The van der Waals surface area contributed by atoms with Crippen molar-refractivity contribution in [2.75, 3.05) is 6.61 Å². The van der Waals surface area contributed by atoms with Gasteiger partial charge in [0.05, 0.1) is 12.3 Å². The summed E-state index contributed by atoms with van der Waals surface area (Å²) in [4.78, 5) is 4.35. The molecule has 90 valence electrons. The fourth-order valence-electron chi connectivity index (χ4n) is 1.43. The van der Waals surface area contributed by atoms with Crippen molar-refractivity contribution in [2.45, 2.75) is 45.4 Å². The third-order valence-corrected chi connectivity index (χ3v) is 2.65. The van der Waals surface area contributed by atoms with E-state index < -0.39 is 5.41 Å². The van der Waals surface area contributed by atoms with Crippen LogP contribution in [0.1, 0.15) is 46.0 Å². The largest absolute Gasteiger partial charge is 0.395 e. The van der Waals surface area contributed by atoms with Crippen molar-refractivity contribution >= 4 is 0 Å². The average molecular weight is 225 g/mol. The zero-order valence-corrected chi connectivity index (χ0v) is 10.6. The van der Waals surface area contributed by atoms with Crippen LogP contribution in [0.2, 0.25) is 0 Å². The zero-order valence-electron chi connectivity index (χ0n) is 10.6. The van der Waals surface area contributed by atoms with E-state index in [4.69, 9.17) is 0 Å². The molecule has 16 heavy (non-hydrogen) atoms. The molecule has 1 N–H and O–H groups in total. The van der Waals surface area contributed by atoms with Crippen LogP contribution in [-0.4, -0.2) is 16.7 Å². The van der Waals surface area contributed by atoms with Gasteiger partial charge in [-0.1, -0.05) is 34.6 Å². The van der Waals surface area contributed by atoms with Crippen LogP contribution in [-0.2, 0) is 10.8 Å². The predicted molar refractivity (Wildman–Crippen MR) is 63.0 cm³/mol. The quantitative estimate of drug-likeness (QED) is 0.839. The Kier molecular flexibility index (Phi) is 3.38. The molecule has 1 rings (SSSR count). The van der Waals surface area contributed by atoms with Crippen LogP contribution in [0.15, 0.2) is 12.1 Å². The molecule has 1 heterocycles. The third kappa shape index (κ3) is 2.59. The lowest BCUT2D eigenvalue weighted by atomic mass is 9.87. The van der Waals surface area contributed by atoms with E-state index in [1.165, 1.54) is 6.07 Å². The van der Waals surface area contributed by atoms with Crippen LogP contribution in [0.25, 0.3) is 0 Å². The highest BCUT2D eigenvalue weighted by atomic mass is 19.1. The van der Waals surface area contributed by atoms with Crippen molar-refractivity contribution in [3.05, 3.63) is 29.3 Å². The Morgan fingerprint density at radius 2 is 1.75 bits per heavy atom. The summed E-state index contributed by atoms with van der Waals surface area (Å²) in [6.07, 6.45) is 0. The van der Waals surface area contributed by atoms with E-state index in [9.17, 15) is 9.50 Å². The number of aliphatic hydroxyl groups is 1. The average Bonchev–Trinajstić information content (AvgIpc) is 2.16. The second-order valence-electron chi connectivity index (χ2n) is 5.82. The Morgan fingerprint density at radius 3 is 2.19 bits per heavy atom. The summed E-state index contributed by atoms with van der Waals surface area (Å²) in [6.45, 7) is 9.55. The lowest BCUT2D eigenvalue weighted by Gasteiger charge is -2.25. The van der Waals surface area contributed by atoms with Gasteiger partial charge in [0.25, 0.3) is 0 Å². The standard InChI is InChI=1S/C13H20FNO/c1-12(2,3)11-9(14)6-7-10(15-11)13(4,5)8-16/h6-7,16H,8H2,1-5H3. The molecule has 3 heteroatoms. The number of halogens is 1. The fourth-order valence-corrected chi connectivity index (χ4v) is 1.43. The maximum absolute atomic E-state index is 13.6. The molecule has 0 saturated carbocycles. The first-order chi connectivity index (χ1) is 7.18. The van der Waals surface area contributed by atoms with Crippen LogP contribution >= 0.6 is 0 Å². The highest BCUT2D eigenvalue weighted by molar-refractivity contribution is 5.23. The van der Waals surface area contributed by atoms with Crippen LogP contribution in [0.3, 0.4) is 0 Å². The number of nitrogens with zero attached hydrogens (tertiary/aromatic N) is 1. The number of pyridine rings is 1. The first-order valence-electron chi connectivity index (χ1n) is 5.47. The van der Waals surface area contributed by atoms with Gasteiger partial charge in [-0.3, -0.25) is 4.98 Å². The number of rotatable bonds is 2. The molecular weight excluding hydrogens is 205 g/mol. The van der Waals surface area contributed by atoms with E-state index in [2.05, 4.69) is 4.98 Å².